The molecule has 0 unspecified atom stereocenters. The second kappa shape index (κ2) is 7.92. The van der Waals surface area contributed by atoms with Crippen molar-refractivity contribution in [3.05, 3.63) is 23.8 Å². The molecule has 2 atom stereocenters. The van der Waals surface area contributed by atoms with Crippen LogP contribution in [0.3, 0.4) is 0 Å². The maximum Gasteiger partial charge on any atom is 0.254 e. The zero-order chi connectivity index (χ0) is 18.7. The van der Waals surface area contributed by atoms with Gasteiger partial charge in [0.25, 0.3) is 5.91 Å². The first kappa shape index (κ1) is 18.5. The number of nitrogens with one attached hydrogen (secondary N) is 1. The van der Waals surface area contributed by atoms with E-state index in [0.717, 1.165) is 18.7 Å². The van der Waals surface area contributed by atoms with Crippen LogP contribution in [0.15, 0.2) is 18.2 Å². The van der Waals surface area contributed by atoms with E-state index in [-0.39, 0.29) is 18.4 Å². The van der Waals surface area contributed by atoms with Crippen LogP contribution in [0.2, 0.25) is 0 Å². The molecule has 26 heavy (non-hydrogen) atoms. The number of hydrogen-bond donors (Lipinski definition) is 1. The van der Waals surface area contributed by atoms with Gasteiger partial charge in [-0.3, -0.25) is 9.59 Å². The molecule has 1 N–H and O–H groups in total. The molecule has 2 aliphatic rings. The maximum atomic E-state index is 13.0. The first-order chi connectivity index (χ1) is 12.5. The summed E-state index contributed by atoms with van der Waals surface area (Å²) in [6.45, 7) is 2.84. The predicted octanol–water partition coefficient (Wildman–Crippen LogP) is 0.0339. The van der Waals surface area contributed by atoms with Gasteiger partial charge in [-0.05, 0) is 24.7 Å². The summed E-state index contributed by atoms with van der Waals surface area (Å²) in [6.07, 6.45) is -0.755. The zero-order valence-electron chi connectivity index (χ0n) is 15.4. The van der Waals surface area contributed by atoms with Crippen LogP contribution in [0.4, 0.5) is 0 Å². The van der Waals surface area contributed by atoms with Crippen LogP contribution >= 0.6 is 0 Å². The Hall–Kier alpha value is -2.32. The first-order valence-electron chi connectivity index (χ1n) is 8.63. The second-order valence-electron chi connectivity index (χ2n) is 6.52. The number of methoxy groups -OCH3 is 2. The van der Waals surface area contributed by atoms with Gasteiger partial charge >= 0.3 is 0 Å². The molecular weight excluding hydrogens is 338 g/mol. The molecule has 142 valence electrons. The van der Waals surface area contributed by atoms with Crippen LogP contribution in [0.25, 0.3) is 0 Å². The molecule has 0 aromatic heterocycles. The van der Waals surface area contributed by atoms with Crippen LogP contribution in [0, 0.1) is 0 Å². The molecule has 8 heteroatoms. The molecule has 2 saturated heterocycles. The summed E-state index contributed by atoms with van der Waals surface area (Å²) in [5.41, 5.74) is 0.739. The van der Waals surface area contributed by atoms with Crippen molar-refractivity contribution in [3.63, 3.8) is 0 Å². The Morgan fingerprint density at radius 3 is 2.50 bits per heavy atom. The van der Waals surface area contributed by atoms with Crippen molar-refractivity contribution in [1.82, 2.24) is 15.1 Å². The van der Waals surface area contributed by atoms with Gasteiger partial charge in [-0.25, -0.2) is 0 Å². The van der Waals surface area contributed by atoms with E-state index in [2.05, 4.69) is 10.2 Å². The number of benzene rings is 1. The third kappa shape index (κ3) is 3.76. The van der Waals surface area contributed by atoms with E-state index < -0.39 is 12.1 Å². The van der Waals surface area contributed by atoms with E-state index in [0.29, 0.717) is 24.6 Å². The van der Waals surface area contributed by atoms with E-state index in [1.54, 1.807) is 31.3 Å². The lowest BCUT2D eigenvalue weighted by Gasteiger charge is -2.38. The number of nitrogens with zero attached hydrogens (tertiary/aromatic N) is 2. The number of carbonyl (C=O) groups excluding carboxylic acids is 2. The lowest BCUT2D eigenvalue weighted by Crippen LogP contribution is -2.56. The minimum absolute atomic E-state index is 0.0992. The lowest BCUT2D eigenvalue weighted by molar-refractivity contribution is -0.156. The first-order valence-corrected chi connectivity index (χ1v) is 8.63. The summed E-state index contributed by atoms with van der Waals surface area (Å²) >= 11 is 0. The number of ether oxygens (including phenoxy) is 3. The predicted molar refractivity (Wildman–Crippen MR) is 94.2 cm³/mol. The fraction of sp³-hybridized carbons (Fsp3) is 0.556. The fourth-order valence-electron chi connectivity index (χ4n) is 3.28. The Morgan fingerprint density at radius 1 is 1.15 bits per heavy atom. The Morgan fingerprint density at radius 2 is 1.85 bits per heavy atom. The highest BCUT2D eigenvalue weighted by molar-refractivity contribution is 5.86. The van der Waals surface area contributed by atoms with Crippen LogP contribution in [0.1, 0.15) is 11.6 Å². The third-order valence-electron chi connectivity index (χ3n) is 4.84. The highest BCUT2D eigenvalue weighted by Gasteiger charge is 2.39. The van der Waals surface area contributed by atoms with Gasteiger partial charge in [0, 0.05) is 26.2 Å². The van der Waals surface area contributed by atoms with Crippen LogP contribution in [-0.2, 0) is 14.3 Å². The van der Waals surface area contributed by atoms with Crippen molar-refractivity contribution >= 4 is 11.8 Å². The normalized spacial score (nSPS) is 24.1. The number of likely N-dealkylation sites (N-methyl/N-ethyl adjacent to an activating group) is 1. The van der Waals surface area contributed by atoms with E-state index >= 15 is 0 Å². The van der Waals surface area contributed by atoms with Gasteiger partial charge in [-0.2, -0.15) is 0 Å². The highest BCUT2D eigenvalue weighted by atomic mass is 16.5. The van der Waals surface area contributed by atoms with E-state index in [9.17, 15) is 9.59 Å². The van der Waals surface area contributed by atoms with E-state index in [1.165, 1.54) is 0 Å². The zero-order valence-corrected chi connectivity index (χ0v) is 15.4. The van der Waals surface area contributed by atoms with Crippen LogP contribution < -0.4 is 14.8 Å². The van der Waals surface area contributed by atoms with Crippen molar-refractivity contribution in [3.8, 4) is 11.5 Å². The Bertz CT molecular complexity index is 673. The summed E-state index contributed by atoms with van der Waals surface area (Å²) in [5.74, 6) is 0.780. The molecule has 0 bridgehead atoms. The maximum absolute atomic E-state index is 13.0. The molecule has 0 radical (unpaired) electrons. The monoisotopic (exact) mass is 363 g/mol. The van der Waals surface area contributed by atoms with E-state index in [4.69, 9.17) is 14.2 Å². The molecule has 8 nitrogen and oxygen atoms in total. The molecule has 2 amide bonds. The van der Waals surface area contributed by atoms with Crippen molar-refractivity contribution in [1.29, 1.82) is 0 Å². The number of morpholine rings is 1. The van der Waals surface area contributed by atoms with Gasteiger partial charge in [-0.1, -0.05) is 6.07 Å². The van der Waals surface area contributed by atoms with Crippen molar-refractivity contribution in [2.75, 3.05) is 54.1 Å². The van der Waals surface area contributed by atoms with Gasteiger partial charge in [-0.15, -0.1) is 0 Å². The van der Waals surface area contributed by atoms with Crippen molar-refractivity contribution < 1.29 is 23.8 Å². The average molecular weight is 363 g/mol. The second-order valence-corrected chi connectivity index (χ2v) is 6.52. The standard InChI is InChI=1S/C18H25N3O5/c1-20-6-8-21(9-7-20)18(23)17-16(19-15(22)11-26-17)12-4-5-13(24-2)14(10-12)25-3/h4-5,10,16-17H,6-9,11H2,1-3H3,(H,19,22)/t16-,17+/m1/s1. The molecule has 0 aliphatic carbocycles. The van der Waals surface area contributed by atoms with Crippen LogP contribution in [0.5, 0.6) is 11.5 Å². The van der Waals surface area contributed by atoms with Crippen LogP contribution in [-0.4, -0.2) is 81.8 Å². The number of carbonyl (C=O) groups is 2. The Kier molecular flexibility index (Phi) is 5.63. The quantitative estimate of drug-likeness (QED) is 0.813. The smallest absolute Gasteiger partial charge is 0.254 e. The average Bonchev–Trinajstić information content (AvgIpc) is 2.67. The number of hydrogen-bond acceptors (Lipinski definition) is 6. The Labute approximate surface area is 153 Å². The molecule has 2 aliphatic heterocycles. The molecule has 2 fully saturated rings. The van der Waals surface area contributed by atoms with Gasteiger partial charge in [0.2, 0.25) is 5.91 Å². The van der Waals surface area contributed by atoms with Gasteiger partial charge in [0.05, 0.1) is 20.3 Å². The summed E-state index contributed by atoms with van der Waals surface area (Å²) in [7, 11) is 5.14. The summed E-state index contributed by atoms with van der Waals surface area (Å²) in [6, 6.07) is 4.77. The minimum Gasteiger partial charge on any atom is -0.493 e. The van der Waals surface area contributed by atoms with Gasteiger partial charge in [0.1, 0.15) is 6.61 Å². The topological polar surface area (TPSA) is 80.3 Å². The number of rotatable bonds is 4. The molecular formula is C18H25N3O5. The SMILES string of the molecule is COc1ccc([C@H]2NC(=O)CO[C@@H]2C(=O)N2CCN(C)CC2)cc1OC. The van der Waals surface area contributed by atoms with E-state index in [1.807, 2.05) is 13.1 Å². The molecule has 0 spiro atoms. The third-order valence-corrected chi connectivity index (χ3v) is 4.84. The summed E-state index contributed by atoms with van der Waals surface area (Å²) in [5, 5.41) is 2.88. The minimum atomic E-state index is -0.755. The highest BCUT2D eigenvalue weighted by Crippen LogP contribution is 2.33. The van der Waals surface area contributed by atoms with Crippen molar-refractivity contribution in [2.24, 2.45) is 0 Å². The Balaban J connectivity index is 1.84. The lowest BCUT2D eigenvalue weighted by atomic mass is 9.98. The molecule has 3 rings (SSSR count). The number of amides is 2. The van der Waals surface area contributed by atoms with Gasteiger partial charge < -0.3 is 29.3 Å². The van der Waals surface area contributed by atoms with Crippen molar-refractivity contribution in [2.45, 2.75) is 12.1 Å². The molecule has 2 heterocycles. The van der Waals surface area contributed by atoms with Gasteiger partial charge in [0.15, 0.2) is 17.6 Å². The summed E-state index contributed by atoms with van der Waals surface area (Å²) < 4.78 is 16.2. The molecule has 0 saturated carbocycles. The summed E-state index contributed by atoms with van der Waals surface area (Å²) in [4.78, 5) is 28.9. The molecule has 1 aromatic carbocycles. The largest absolute Gasteiger partial charge is 0.493 e. The fourth-order valence-corrected chi connectivity index (χ4v) is 3.28. The molecule has 1 aromatic rings. The number of piperazine rings is 1.